The number of nitrogens with zero attached hydrogens (tertiary/aromatic N) is 10. The molecule has 0 unspecified atom stereocenters. The molecule has 0 amide bonds. The van der Waals surface area contributed by atoms with E-state index in [0.717, 1.165) is 88.7 Å². The van der Waals surface area contributed by atoms with Crippen molar-refractivity contribution >= 4 is 50.6 Å². The van der Waals surface area contributed by atoms with Crippen LogP contribution in [-0.2, 0) is 0 Å². The third-order valence-electron chi connectivity index (χ3n) is 18.1. The van der Waals surface area contributed by atoms with Gasteiger partial charge >= 0.3 is 0 Å². The van der Waals surface area contributed by atoms with Gasteiger partial charge in [0.15, 0.2) is 60.5 Å². The van der Waals surface area contributed by atoms with E-state index in [2.05, 4.69) is 199 Å². The summed E-state index contributed by atoms with van der Waals surface area (Å²) in [4.78, 5) is 47.5. The fourth-order valence-electron chi connectivity index (χ4n) is 13.5. The molecule has 0 N–H and O–H groups in total. The molecule has 17 aromatic rings. The van der Waals surface area contributed by atoms with Crippen LogP contribution in [0.2, 0.25) is 0 Å². The van der Waals surface area contributed by atoms with Crippen LogP contribution < -0.4 is 20.7 Å². The number of aromatic nitrogens is 10. The van der Waals surface area contributed by atoms with Crippen LogP contribution in [0.3, 0.4) is 0 Å². The maximum absolute atomic E-state index is 5.52. The van der Waals surface area contributed by atoms with Crippen LogP contribution >= 0.6 is 0 Å². The smallest absolute Gasteiger partial charge is 0.179 e. The van der Waals surface area contributed by atoms with Crippen molar-refractivity contribution < 1.29 is 0 Å². The summed E-state index contributed by atoms with van der Waals surface area (Å²) in [5, 5.41) is 7.10. The minimum atomic E-state index is -3.02. The molecular formula is C87H58N10Si. The Balaban J connectivity index is 0.945. The van der Waals surface area contributed by atoms with Gasteiger partial charge in [-0.3, -0.25) is 0 Å². The average molecular weight is 1270 g/mol. The van der Waals surface area contributed by atoms with Gasteiger partial charge in [0.05, 0.1) is 11.0 Å². The third kappa shape index (κ3) is 11.1. The Labute approximate surface area is 567 Å². The van der Waals surface area contributed by atoms with Crippen molar-refractivity contribution in [3.8, 4) is 119 Å². The quantitative estimate of drug-likeness (QED) is 0.0730. The number of benzene rings is 13. The van der Waals surface area contributed by atoms with E-state index in [1.54, 1.807) is 0 Å². The van der Waals surface area contributed by atoms with Gasteiger partial charge in [0.25, 0.3) is 0 Å². The second-order valence-corrected chi connectivity index (χ2v) is 27.9. The van der Waals surface area contributed by atoms with Crippen LogP contribution in [-0.4, -0.2) is 57.5 Å². The molecule has 0 saturated heterocycles. The van der Waals surface area contributed by atoms with Crippen LogP contribution in [0.15, 0.2) is 352 Å². The fourth-order valence-corrected chi connectivity index (χ4v) is 18.3. The topological polar surface area (TPSA) is 121 Å². The first-order valence-corrected chi connectivity index (χ1v) is 34.7. The van der Waals surface area contributed by atoms with Crippen LogP contribution in [0.1, 0.15) is 0 Å². The molecule has 0 fully saturated rings. The number of rotatable bonds is 15. The summed E-state index contributed by atoms with van der Waals surface area (Å²) in [5.74, 6) is 4.99. The Kier molecular flexibility index (Phi) is 15.4. The van der Waals surface area contributed by atoms with E-state index < -0.39 is 8.07 Å². The Morgan fingerprint density at radius 1 is 0.184 bits per heavy atom. The molecule has 0 bridgehead atoms. The highest BCUT2D eigenvalue weighted by molar-refractivity contribution is 7.20. The highest BCUT2D eigenvalue weighted by Crippen LogP contribution is 2.41. The monoisotopic (exact) mass is 1270 g/mol. The molecule has 17 rings (SSSR count). The van der Waals surface area contributed by atoms with Gasteiger partial charge < -0.3 is 4.57 Å². The molecule has 0 radical (unpaired) electrons. The minimum absolute atomic E-state index is 0.513. The molecule has 4 aromatic heterocycles. The first-order chi connectivity index (χ1) is 48.6. The van der Waals surface area contributed by atoms with Gasteiger partial charge in [-0.05, 0) is 56.1 Å². The summed E-state index contributed by atoms with van der Waals surface area (Å²) >= 11 is 0. The molecule has 11 heteroatoms. The highest BCUT2D eigenvalue weighted by Gasteiger charge is 2.41. The molecular weight excluding hydrogens is 1210 g/mol. The Hall–Kier alpha value is -13.1. The van der Waals surface area contributed by atoms with Crippen LogP contribution in [0, 0.1) is 0 Å². The third-order valence-corrected chi connectivity index (χ3v) is 22.9. The van der Waals surface area contributed by atoms with E-state index in [1.165, 1.54) is 20.7 Å². The lowest BCUT2D eigenvalue weighted by Crippen LogP contribution is -2.74. The van der Waals surface area contributed by atoms with Crippen molar-refractivity contribution in [1.29, 1.82) is 0 Å². The van der Waals surface area contributed by atoms with Crippen molar-refractivity contribution in [3.05, 3.63) is 352 Å². The molecule has 4 heterocycles. The molecule has 0 aliphatic carbocycles. The minimum Gasteiger partial charge on any atom is -0.309 e. The Morgan fingerprint density at radius 3 is 0.786 bits per heavy atom. The van der Waals surface area contributed by atoms with Gasteiger partial charge in [-0.15, -0.1) is 0 Å². The Morgan fingerprint density at radius 2 is 0.459 bits per heavy atom. The van der Waals surface area contributed by atoms with Crippen LogP contribution in [0.4, 0.5) is 0 Å². The molecule has 0 spiro atoms. The molecule has 460 valence electrons. The van der Waals surface area contributed by atoms with Crippen molar-refractivity contribution in [2.45, 2.75) is 0 Å². The largest absolute Gasteiger partial charge is 0.309 e. The van der Waals surface area contributed by atoms with Gasteiger partial charge in [0.1, 0.15) is 0 Å². The molecule has 0 saturated carbocycles. The first-order valence-electron chi connectivity index (χ1n) is 32.7. The van der Waals surface area contributed by atoms with Crippen molar-refractivity contribution in [1.82, 2.24) is 49.4 Å². The second kappa shape index (κ2) is 25.7. The summed E-state index contributed by atoms with van der Waals surface area (Å²) in [6.07, 6.45) is 0. The lowest BCUT2D eigenvalue weighted by molar-refractivity contribution is 1.07. The van der Waals surface area contributed by atoms with E-state index in [9.17, 15) is 0 Å². The highest BCUT2D eigenvalue weighted by atomic mass is 28.3. The summed E-state index contributed by atoms with van der Waals surface area (Å²) < 4.78 is 2.34. The molecule has 13 aromatic carbocycles. The van der Waals surface area contributed by atoms with Gasteiger partial charge in [-0.25, -0.2) is 44.9 Å². The van der Waals surface area contributed by atoms with Gasteiger partial charge in [-0.2, -0.15) is 0 Å². The standard InChI is InChI=1S/C87H58N10Si/c1-10-29-59(30-11-1)79-88-80(60-31-12-2-13-32-60)92-85(91-79)66-49-52-74-75-53-50-67(86-93-81(61-33-14-3-15-34-61)89-82(94-86)62-35-16-4-17-36-62)57-78(75)97(77(74)56-66)68-51-54-73(76(58-68)87-95-83(63-37-18-5-19-38-63)90-84(96-87)64-39-20-6-21-40-64)65-41-28-48-72(55-65)98(69-42-22-7-23-43-69,70-44-24-8-25-45-70)71-46-26-9-27-47-71/h1-58H. The van der Waals surface area contributed by atoms with Crippen LogP contribution in [0.5, 0.6) is 0 Å². The predicted molar refractivity (Wildman–Crippen MR) is 399 cm³/mol. The predicted octanol–water partition coefficient (Wildman–Crippen LogP) is 17.4. The lowest BCUT2D eigenvalue weighted by atomic mass is 9.98. The van der Waals surface area contributed by atoms with Crippen molar-refractivity contribution in [2.24, 2.45) is 0 Å². The van der Waals surface area contributed by atoms with E-state index >= 15 is 0 Å². The van der Waals surface area contributed by atoms with Crippen LogP contribution in [0.25, 0.3) is 141 Å². The summed E-state index contributed by atoms with van der Waals surface area (Å²) in [5.41, 5.74) is 12.3. The van der Waals surface area contributed by atoms with Gasteiger partial charge in [0, 0.05) is 66.5 Å². The van der Waals surface area contributed by atoms with E-state index in [0.29, 0.717) is 52.4 Å². The molecule has 98 heavy (non-hydrogen) atoms. The zero-order valence-corrected chi connectivity index (χ0v) is 54.0. The number of fused-ring (bicyclic) bond motifs is 3. The van der Waals surface area contributed by atoms with Crippen molar-refractivity contribution in [3.63, 3.8) is 0 Å². The maximum Gasteiger partial charge on any atom is 0.179 e. The second-order valence-electron chi connectivity index (χ2n) is 24.1. The molecule has 10 nitrogen and oxygen atoms in total. The molecule has 0 atom stereocenters. The number of hydrogen-bond acceptors (Lipinski definition) is 9. The first kappa shape index (κ1) is 58.7. The Bertz CT molecular complexity index is 5260. The zero-order valence-electron chi connectivity index (χ0n) is 53.0. The van der Waals surface area contributed by atoms with E-state index in [4.69, 9.17) is 44.9 Å². The maximum atomic E-state index is 5.52. The van der Waals surface area contributed by atoms with E-state index in [1.807, 2.05) is 158 Å². The normalized spacial score (nSPS) is 11.5. The SMILES string of the molecule is c1ccc(-c2nc(-c3ccccc3)nc(-c3ccc4c5ccc(-c6nc(-c7ccccc7)nc(-c7ccccc7)n6)cc5n(-c5ccc(-c6cccc([Si](c7ccccc7)(c7ccccc7)c7ccccc7)c6)c(-c6nc(-c7ccccc7)nc(-c7ccccc7)n6)c5)c4c3)n2)cc1. The van der Waals surface area contributed by atoms with Crippen molar-refractivity contribution in [2.75, 3.05) is 0 Å². The molecule has 0 aliphatic rings. The van der Waals surface area contributed by atoms with Gasteiger partial charge in [-0.1, -0.05) is 328 Å². The average Bonchev–Trinajstić information content (AvgIpc) is 1.41. The lowest BCUT2D eigenvalue weighted by Gasteiger charge is -2.34. The van der Waals surface area contributed by atoms with E-state index in [-0.39, 0.29) is 0 Å². The van der Waals surface area contributed by atoms with Gasteiger partial charge in [0.2, 0.25) is 0 Å². The fraction of sp³-hybridized carbons (Fsp3) is 0. The summed E-state index contributed by atoms with van der Waals surface area (Å²) in [6.45, 7) is 0. The summed E-state index contributed by atoms with van der Waals surface area (Å²) in [6, 6.07) is 123. The number of hydrogen-bond donors (Lipinski definition) is 0. The zero-order chi connectivity index (χ0) is 65.2. The summed E-state index contributed by atoms with van der Waals surface area (Å²) in [7, 11) is -3.02. The molecule has 0 aliphatic heterocycles.